The van der Waals surface area contributed by atoms with Crippen molar-refractivity contribution in [2.45, 2.75) is 108 Å². The SMILES string of the molecule is C1CCC2C(C1)CCC[N+]2(C1CCCC1)C1CCCC1. The predicted molar refractivity (Wildman–Crippen MR) is 84.6 cm³/mol. The number of hydrogen-bond donors (Lipinski definition) is 0. The highest BCUT2D eigenvalue weighted by Gasteiger charge is 2.54. The van der Waals surface area contributed by atoms with E-state index in [4.69, 9.17) is 0 Å². The van der Waals surface area contributed by atoms with Gasteiger partial charge >= 0.3 is 0 Å². The molecule has 2 unspecified atom stereocenters. The predicted octanol–water partition coefficient (Wildman–Crippen LogP) is 5.04. The van der Waals surface area contributed by atoms with Crippen LogP contribution in [0.5, 0.6) is 0 Å². The Kier molecular flexibility index (Phi) is 3.83. The van der Waals surface area contributed by atoms with Gasteiger partial charge in [-0.1, -0.05) is 6.42 Å². The van der Waals surface area contributed by atoms with E-state index in [-0.39, 0.29) is 0 Å². The van der Waals surface area contributed by atoms with Crippen molar-refractivity contribution >= 4 is 0 Å². The molecule has 20 heavy (non-hydrogen) atoms. The molecule has 1 saturated heterocycles. The average molecular weight is 276 g/mol. The quantitative estimate of drug-likeness (QED) is 0.620. The van der Waals surface area contributed by atoms with Crippen molar-refractivity contribution in [1.29, 1.82) is 0 Å². The van der Waals surface area contributed by atoms with Crippen molar-refractivity contribution in [3.05, 3.63) is 0 Å². The van der Waals surface area contributed by atoms with Crippen LogP contribution in [-0.4, -0.2) is 29.2 Å². The van der Waals surface area contributed by atoms with Gasteiger partial charge in [-0.2, -0.15) is 0 Å². The van der Waals surface area contributed by atoms with Crippen LogP contribution in [0.15, 0.2) is 0 Å². The fourth-order valence-corrected chi connectivity index (χ4v) is 6.93. The van der Waals surface area contributed by atoms with E-state index in [0.717, 1.165) is 24.0 Å². The number of fused-ring (bicyclic) bond motifs is 1. The molecule has 4 aliphatic rings. The first kappa shape index (κ1) is 13.6. The van der Waals surface area contributed by atoms with Gasteiger partial charge in [0.05, 0.1) is 24.7 Å². The maximum Gasteiger partial charge on any atom is 0.0922 e. The van der Waals surface area contributed by atoms with Crippen molar-refractivity contribution in [3.8, 4) is 0 Å². The summed E-state index contributed by atoms with van der Waals surface area (Å²) in [6.07, 6.45) is 21.8. The zero-order valence-electron chi connectivity index (χ0n) is 13.4. The molecule has 0 amide bonds. The maximum atomic E-state index is 1.64. The van der Waals surface area contributed by atoms with Crippen LogP contribution in [0.3, 0.4) is 0 Å². The standard InChI is InChI=1S/C19H34N/c1-6-14-19-16(8-1)9-7-15-20(19,17-10-2-3-11-17)18-12-4-5-13-18/h16-19H,1-15H2/q+1. The first-order chi connectivity index (χ1) is 9.91. The molecule has 3 aliphatic carbocycles. The van der Waals surface area contributed by atoms with Crippen molar-refractivity contribution in [3.63, 3.8) is 0 Å². The molecule has 0 bridgehead atoms. The summed E-state index contributed by atoms with van der Waals surface area (Å²) in [5, 5.41) is 0. The van der Waals surface area contributed by atoms with Crippen LogP contribution in [0, 0.1) is 5.92 Å². The minimum Gasteiger partial charge on any atom is -0.316 e. The highest BCUT2D eigenvalue weighted by atomic mass is 15.4. The van der Waals surface area contributed by atoms with Crippen LogP contribution in [0.4, 0.5) is 0 Å². The van der Waals surface area contributed by atoms with Crippen molar-refractivity contribution in [2.24, 2.45) is 5.92 Å². The summed E-state index contributed by atoms with van der Waals surface area (Å²) in [6.45, 7) is 1.57. The summed E-state index contributed by atoms with van der Waals surface area (Å²) in [4.78, 5) is 0. The Morgan fingerprint density at radius 1 is 0.500 bits per heavy atom. The molecule has 0 radical (unpaired) electrons. The summed E-state index contributed by atoms with van der Waals surface area (Å²) in [6, 6.07) is 3.23. The first-order valence-electron chi connectivity index (χ1n) is 9.78. The molecule has 1 aliphatic heterocycles. The molecule has 4 rings (SSSR count). The molecule has 2 atom stereocenters. The second-order valence-corrected chi connectivity index (χ2v) is 8.35. The van der Waals surface area contributed by atoms with E-state index < -0.39 is 0 Å². The lowest BCUT2D eigenvalue weighted by Gasteiger charge is -2.59. The number of hydrogen-bond acceptors (Lipinski definition) is 0. The largest absolute Gasteiger partial charge is 0.316 e. The summed E-state index contributed by atoms with van der Waals surface area (Å²) in [5.41, 5.74) is 0. The van der Waals surface area contributed by atoms with Crippen LogP contribution >= 0.6 is 0 Å². The molecular formula is C19H34N+. The molecule has 3 saturated carbocycles. The molecule has 0 aromatic heterocycles. The Bertz CT molecular complexity index is 307. The third-order valence-electron chi connectivity index (χ3n) is 7.62. The average Bonchev–Trinajstić information content (AvgIpc) is 3.20. The Hall–Kier alpha value is -0.0400. The highest BCUT2D eigenvalue weighted by molar-refractivity contribution is 4.87. The summed E-state index contributed by atoms with van der Waals surface area (Å²) in [5.74, 6) is 1.11. The van der Waals surface area contributed by atoms with E-state index >= 15 is 0 Å². The molecular weight excluding hydrogens is 242 g/mol. The third-order valence-corrected chi connectivity index (χ3v) is 7.62. The van der Waals surface area contributed by atoms with E-state index in [1.54, 1.807) is 68.8 Å². The zero-order valence-corrected chi connectivity index (χ0v) is 13.4. The van der Waals surface area contributed by atoms with Gasteiger partial charge in [0.1, 0.15) is 0 Å². The van der Waals surface area contributed by atoms with E-state index in [1.807, 2.05) is 0 Å². The van der Waals surface area contributed by atoms with Crippen LogP contribution in [0.2, 0.25) is 0 Å². The van der Waals surface area contributed by atoms with Gasteiger partial charge in [0.2, 0.25) is 0 Å². The van der Waals surface area contributed by atoms with Crippen LogP contribution in [0.1, 0.15) is 89.9 Å². The van der Waals surface area contributed by atoms with E-state index in [0.29, 0.717) is 0 Å². The second kappa shape index (κ2) is 5.63. The van der Waals surface area contributed by atoms with Gasteiger partial charge in [-0.15, -0.1) is 0 Å². The molecule has 1 nitrogen and oxygen atoms in total. The van der Waals surface area contributed by atoms with Gasteiger partial charge in [-0.3, -0.25) is 0 Å². The van der Waals surface area contributed by atoms with Gasteiger partial charge in [0, 0.05) is 5.92 Å². The first-order valence-corrected chi connectivity index (χ1v) is 9.78. The zero-order chi connectivity index (χ0) is 13.4. The van der Waals surface area contributed by atoms with Crippen molar-refractivity contribution < 1.29 is 4.48 Å². The molecule has 4 fully saturated rings. The topological polar surface area (TPSA) is 0 Å². The molecule has 1 heterocycles. The normalized spacial score (nSPS) is 39.0. The molecule has 1 heteroatoms. The van der Waals surface area contributed by atoms with E-state index in [9.17, 15) is 0 Å². The lowest BCUT2D eigenvalue weighted by molar-refractivity contribution is -1.00. The van der Waals surface area contributed by atoms with E-state index in [2.05, 4.69) is 0 Å². The van der Waals surface area contributed by atoms with E-state index in [1.165, 1.54) is 32.1 Å². The van der Waals surface area contributed by atoms with Crippen LogP contribution in [0.25, 0.3) is 0 Å². The number of rotatable bonds is 2. The molecule has 0 N–H and O–H groups in total. The summed E-state index contributed by atoms with van der Waals surface area (Å²) < 4.78 is 1.64. The minimum absolute atomic E-state index is 1.07. The van der Waals surface area contributed by atoms with Crippen molar-refractivity contribution in [2.75, 3.05) is 6.54 Å². The Morgan fingerprint density at radius 3 is 1.65 bits per heavy atom. The summed E-state index contributed by atoms with van der Waals surface area (Å²) >= 11 is 0. The summed E-state index contributed by atoms with van der Waals surface area (Å²) in [7, 11) is 0. The number of piperidine rings is 1. The number of quaternary nitrogens is 1. The maximum absolute atomic E-state index is 1.64. The third kappa shape index (κ3) is 2.07. The fraction of sp³-hybridized carbons (Fsp3) is 1.00. The lowest BCUT2D eigenvalue weighted by atomic mass is 9.74. The number of likely N-dealkylation sites (tertiary alicyclic amines) is 1. The van der Waals surface area contributed by atoms with Gasteiger partial charge < -0.3 is 4.48 Å². The Labute approximate surface area is 125 Å². The van der Waals surface area contributed by atoms with Gasteiger partial charge in [0.25, 0.3) is 0 Å². The van der Waals surface area contributed by atoms with Gasteiger partial charge in [0.15, 0.2) is 0 Å². The lowest BCUT2D eigenvalue weighted by Crippen LogP contribution is -2.69. The Morgan fingerprint density at radius 2 is 1.00 bits per heavy atom. The monoisotopic (exact) mass is 276 g/mol. The van der Waals surface area contributed by atoms with Crippen LogP contribution < -0.4 is 0 Å². The van der Waals surface area contributed by atoms with Crippen LogP contribution in [-0.2, 0) is 0 Å². The smallest absolute Gasteiger partial charge is 0.0922 e. The fourth-order valence-electron chi connectivity index (χ4n) is 6.93. The molecule has 0 aromatic carbocycles. The van der Waals surface area contributed by atoms with Gasteiger partial charge in [-0.05, 0) is 83.5 Å². The highest BCUT2D eigenvalue weighted by Crippen LogP contribution is 2.49. The van der Waals surface area contributed by atoms with Crippen molar-refractivity contribution in [1.82, 2.24) is 0 Å². The van der Waals surface area contributed by atoms with Gasteiger partial charge in [-0.25, -0.2) is 0 Å². The molecule has 0 spiro atoms. The Balaban J connectivity index is 1.68. The molecule has 0 aromatic rings. The minimum atomic E-state index is 1.07. The number of nitrogens with zero attached hydrogens (tertiary/aromatic N) is 1. The molecule has 114 valence electrons. The second-order valence-electron chi connectivity index (χ2n) is 8.35.